The molecule has 0 unspecified atom stereocenters. The standard InChI is InChI=1S/C22H29N11O7/c23-21-28-16-12(18(37)30-21)26-6-32(16)11-4-8(10(5-34)39-11)25-3-1-2-9-14(35)15(36)20(40-9)33-7-27-13-17(33)29-22(24)31-19(13)38/h6-11,14-15,20,25,34-36H,1-5H2,(H3,23,28,30,37)(H3,24,29,31,38)/t8-,9+,10+,11+,14+,15+,20+/m0/s1. The van der Waals surface area contributed by atoms with E-state index >= 15 is 0 Å². The van der Waals surface area contributed by atoms with Gasteiger partial charge in [-0.1, -0.05) is 0 Å². The van der Waals surface area contributed by atoms with Crippen LogP contribution in [-0.2, 0) is 9.47 Å². The van der Waals surface area contributed by atoms with Crippen molar-refractivity contribution < 1.29 is 24.8 Å². The van der Waals surface area contributed by atoms with E-state index in [1.54, 1.807) is 4.57 Å². The molecule has 40 heavy (non-hydrogen) atoms. The molecule has 4 aromatic rings. The molecule has 4 aromatic heterocycles. The Labute approximate surface area is 224 Å². The van der Waals surface area contributed by atoms with Crippen molar-refractivity contribution >= 4 is 34.2 Å². The number of aliphatic hydroxyl groups is 3. The van der Waals surface area contributed by atoms with Gasteiger partial charge in [-0.2, -0.15) is 9.97 Å². The van der Waals surface area contributed by atoms with Crippen LogP contribution in [0, 0.1) is 0 Å². The maximum absolute atomic E-state index is 12.1. The van der Waals surface area contributed by atoms with Gasteiger partial charge >= 0.3 is 0 Å². The summed E-state index contributed by atoms with van der Waals surface area (Å²) >= 11 is 0. The van der Waals surface area contributed by atoms with Crippen LogP contribution in [0.3, 0.4) is 0 Å². The van der Waals surface area contributed by atoms with Crippen molar-refractivity contribution in [3.63, 3.8) is 0 Å². The fourth-order valence-electron chi connectivity index (χ4n) is 5.36. The number of nitrogen functional groups attached to an aromatic ring is 2. The molecule has 0 amide bonds. The first-order valence-corrected chi connectivity index (χ1v) is 12.7. The van der Waals surface area contributed by atoms with Crippen LogP contribution >= 0.6 is 0 Å². The first-order chi connectivity index (χ1) is 19.2. The van der Waals surface area contributed by atoms with E-state index in [4.69, 9.17) is 20.9 Å². The largest absolute Gasteiger partial charge is 0.394 e. The maximum Gasteiger partial charge on any atom is 0.280 e. The van der Waals surface area contributed by atoms with Crippen LogP contribution in [0.2, 0.25) is 0 Å². The average molecular weight is 560 g/mol. The molecule has 0 bridgehead atoms. The fraction of sp³-hybridized carbons (Fsp3) is 0.545. The lowest BCUT2D eigenvalue weighted by Gasteiger charge is -2.19. The summed E-state index contributed by atoms with van der Waals surface area (Å²) in [6, 6.07) is -0.216. The van der Waals surface area contributed by atoms with E-state index < -0.39 is 48.0 Å². The first kappa shape index (κ1) is 26.3. The molecule has 0 aromatic carbocycles. The van der Waals surface area contributed by atoms with E-state index in [0.29, 0.717) is 25.8 Å². The predicted octanol–water partition coefficient (Wildman–Crippen LogP) is -2.95. The third kappa shape index (κ3) is 4.49. The van der Waals surface area contributed by atoms with Crippen molar-refractivity contribution in [2.45, 2.75) is 62.2 Å². The Bertz CT molecular complexity index is 1640. The summed E-state index contributed by atoms with van der Waals surface area (Å²) < 4.78 is 14.9. The zero-order valence-electron chi connectivity index (χ0n) is 21.0. The minimum absolute atomic E-state index is 0.0374. The van der Waals surface area contributed by atoms with Gasteiger partial charge in [0, 0.05) is 12.5 Å². The van der Waals surface area contributed by atoms with Crippen molar-refractivity contribution in [3.8, 4) is 0 Å². The first-order valence-electron chi connectivity index (χ1n) is 12.7. The van der Waals surface area contributed by atoms with Crippen LogP contribution < -0.4 is 27.9 Å². The molecule has 2 fully saturated rings. The normalized spacial score (nSPS) is 28.7. The molecule has 18 heteroatoms. The van der Waals surface area contributed by atoms with Gasteiger partial charge in [-0.3, -0.25) is 28.7 Å². The number of aromatic nitrogens is 8. The molecule has 6 rings (SSSR count). The molecule has 6 heterocycles. The van der Waals surface area contributed by atoms with E-state index in [-0.39, 0.29) is 46.9 Å². The van der Waals surface area contributed by atoms with Crippen LogP contribution in [0.5, 0.6) is 0 Å². The number of rotatable bonds is 8. The molecule has 2 saturated heterocycles. The van der Waals surface area contributed by atoms with Gasteiger partial charge < -0.3 is 41.6 Å². The second-order valence-electron chi connectivity index (χ2n) is 9.85. The summed E-state index contributed by atoms with van der Waals surface area (Å²) in [7, 11) is 0. The highest BCUT2D eigenvalue weighted by molar-refractivity contribution is 5.71. The maximum atomic E-state index is 12.1. The van der Waals surface area contributed by atoms with Gasteiger partial charge in [0.1, 0.15) is 18.4 Å². The number of aromatic amines is 2. The van der Waals surface area contributed by atoms with Gasteiger partial charge in [0.25, 0.3) is 11.1 Å². The van der Waals surface area contributed by atoms with Gasteiger partial charge in [0.05, 0.1) is 31.5 Å². The number of H-pyrrole nitrogens is 2. The second-order valence-corrected chi connectivity index (χ2v) is 9.85. The summed E-state index contributed by atoms with van der Waals surface area (Å²) in [4.78, 5) is 45.3. The van der Waals surface area contributed by atoms with Crippen molar-refractivity contribution in [1.29, 1.82) is 0 Å². The number of nitrogens with two attached hydrogens (primary N) is 2. The monoisotopic (exact) mass is 559 g/mol. The average Bonchev–Trinajstić information content (AvgIpc) is 3.68. The minimum Gasteiger partial charge on any atom is -0.394 e. The number of fused-ring (bicyclic) bond motifs is 2. The predicted molar refractivity (Wildman–Crippen MR) is 138 cm³/mol. The molecule has 0 aliphatic carbocycles. The summed E-state index contributed by atoms with van der Waals surface area (Å²) in [6.07, 6.45) is -0.976. The third-order valence-corrected chi connectivity index (χ3v) is 7.31. The summed E-state index contributed by atoms with van der Waals surface area (Å²) in [5, 5.41) is 34.5. The molecule has 214 valence electrons. The third-order valence-electron chi connectivity index (χ3n) is 7.31. The molecular formula is C22H29N11O7. The number of ether oxygens (including phenoxy) is 2. The van der Waals surface area contributed by atoms with Gasteiger partial charge in [-0.15, -0.1) is 0 Å². The molecule has 0 spiro atoms. The number of nitrogens with one attached hydrogen (secondary N) is 3. The lowest BCUT2D eigenvalue weighted by Crippen LogP contribution is -2.39. The highest BCUT2D eigenvalue weighted by Crippen LogP contribution is 2.33. The smallest absolute Gasteiger partial charge is 0.280 e. The Hall–Kier alpha value is -3.94. The van der Waals surface area contributed by atoms with Gasteiger partial charge in [0.15, 0.2) is 28.6 Å². The van der Waals surface area contributed by atoms with E-state index in [1.165, 1.54) is 17.2 Å². The van der Waals surface area contributed by atoms with Gasteiger partial charge in [0.2, 0.25) is 11.9 Å². The molecule has 18 nitrogen and oxygen atoms in total. The van der Waals surface area contributed by atoms with E-state index in [0.717, 1.165) is 0 Å². The van der Waals surface area contributed by atoms with E-state index in [9.17, 15) is 24.9 Å². The molecule has 2 aliphatic heterocycles. The Morgan fingerprint density at radius 1 is 0.950 bits per heavy atom. The van der Waals surface area contributed by atoms with E-state index in [1.807, 2.05) is 0 Å². The van der Waals surface area contributed by atoms with Crippen LogP contribution in [-0.4, -0.2) is 98.0 Å². The number of hydrogen-bond acceptors (Lipinski definition) is 14. The summed E-state index contributed by atoms with van der Waals surface area (Å²) in [6.45, 7) is 0.275. The van der Waals surface area contributed by atoms with Gasteiger partial charge in [-0.25, -0.2) is 9.97 Å². The Kier molecular flexibility index (Phi) is 6.72. The molecular weight excluding hydrogens is 530 g/mol. The molecule has 0 radical (unpaired) electrons. The van der Waals surface area contributed by atoms with Crippen LogP contribution in [0.25, 0.3) is 22.3 Å². The summed E-state index contributed by atoms with van der Waals surface area (Å²) in [5.74, 6) is -0.144. The van der Waals surface area contributed by atoms with Crippen LogP contribution in [0.4, 0.5) is 11.9 Å². The van der Waals surface area contributed by atoms with Gasteiger partial charge in [-0.05, 0) is 19.4 Å². The summed E-state index contributed by atoms with van der Waals surface area (Å²) in [5.41, 5.74) is 11.0. The Balaban J connectivity index is 1.07. The zero-order chi connectivity index (χ0) is 28.1. The molecule has 7 atom stereocenters. The number of nitrogens with zero attached hydrogens (tertiary/aromatic N) is 6. The highest BCUT2D eigenvalue weighted by atomic mass is 16.6. The fourth-order valence-corrected chi connectivity index (χ4v) is 5.36. The number of aliphatic hydroxyl groups excluding tert-OH is 3. The minimum atomic E-state index is -1.28. The Morgan fingerprint density at radius 2 is 1.57 bits per heavy atom. The quantitative estimate of drug-likeness (QED) is 0.100. The van der Waals surface area contributed by atoms with Crippen molar-refractivity contribution in [3.05, 3.63) is 33.4 Å². The molecule has 10 N–H and O–H groups in total. The van der Waals surface area contributed by atoms with Crippen molar-refractivity contribution in [2.24, 2.45) is 0 Å². The highest BCUT2D eigenvalue weighted by Gasteiger charge is 2.44. The zero-order valence-corrected chi connectivity index (χ0v) is 21.0. The van der Waals surface area contributed by atoms with Crippen LogP contribution in [0.15, 0.2) is 22.2 Å². The van der Waals surface area contributed by atoms with Crippen molar-refractivity contribution in [2.75, 3.05) is 24.6 Å². The van der Waals surface area contributed by atoms with Crippen LogP contribution in [0.1, 0.15) is 31.7 Å². The number of anilines is 2. The van der Waals surface area contributed by atoms with Crippen molar-refractivity contribution in [1.82, 2.24) is 44.4 Å². The lowest BCUT2D eigenvalue weighted by atomic mass is 10.1. The topological polar surface area (TPSA) is 270 Å². The lowest BCUT2D eigenvalue weighted by molar-refractivity contribution is -0.0375. The SMILES string of the molecule is Nc1nc2c(ncn2[C@@H]2O[C@H](CCCN[C@H]3C[C@H](n4cnc5c(=O)[nH]c(N)nc54)O[C@@H]3CO)[C@@H](O)[C@H]2O)c(=O)[nH]1. The number of imidazole rings is 2. The van der Waals surface area contributed by atoms with E-state index in [2.05, 4.69) is 35.2 Å². The second kappa shape index (κ2) is 10.2. The Morgan fingerprint density at radius 3 is 2.23 bits per heavy atom. The molecule has 2 aliphatic rings. The molecule has 0 saturated carbocycles. The number of hydrogen-bond donors (Lipinski definition) is 8.